The molecule has 0 bridgehead atoms. The molecule has 0 atom stereocenters. The molecule has 0 spiro atoms. The molecule has 2 rings (SSSR count). The van der Waals surface area contributed by atoms with Crippen LogP contribution in [0.25, 0.3) is 0 Å². The van der Waals surface area contributed by atoms with E-state index in [0.717, 1.165) is 5.75 Å². The highest BCUT2D eigenvalue weighted by Crippen LogP contribution is 2.29. The first-order valence-electron chi connectivity index (χ1n) is 6.79. The Hall–Kier alpha value is -1.91. The maximum Gasteiger partial charge on any atom is 0.239 e. The second kappa shape index (κ2) is 8.51. The third kappa shape index (κ3) is 5.13. The molecule has 0 aliphatic heterocycles. The smallest absolute Gasteiger partial charge is 0.239 e. The van der Waals surface area contributed by atoms with Gasteiger partial charge in [0.2, 0.25) is 5.91 Å². The fraction of sp³-hybridized carbons (Fsp3) is 0.188. The lowest BCUT2D eigenvalue weighted by Crippen LogP contribution is -2.33. The van der Waals surface area contributed by atoms with Crippen molar-refractivity contribution in [3.63, 3.8) is 0 Å². The molecule has 4 nitrogen and oxygen atoms in total. The Balaban J connectivity index is 1.67. The van der Waals surface area contributed by atoms with Gasteiger partial charge in [-0.15, -0.1) is 0 Å². The summed E-state index contributed by atoms with van der Waals surface area (Å²) in [6.45, 7) is 0.956. The lowest BCUT2D eigenvalue weighted by atomic mass is 10.3. The SMILES string of the molecule is O=C(CNc1cccc(Cl)c1Cl)NCCOc1ccccc1. The molecule has 0 radical (unpaired) electrons. The average Bonchev–Trinajstić information content (AvgIpc) is 2.54. The van der Waals surface area contributed by atoms with Gasteiger partial charge in [0.05, 0.1) is 28.8 Å². The standard InChI is InChI=1S/C16H16Cl2N2O2/c17-13-7-4-8-14(16(13)18)20-11-15(21)19-9-10-22-12-5-2-1-3-6-12/h1-8,20H,9-11H2,(H,19,21). The molecule has 22 heavy (non-hydrogen) atoms. The van der Waals surface area contributed by atoms with Gasteiger partial charge in [0.15, 0.2) is 0 Å². The molecule has 0 heterocycles. The van der Waals surface area contributed by atoms with Crippen LogP contribution in [0.4, 0.5) is 5.69 Å². The van der Waals surface area contributed by atoms with Crippen LogP contribution in [0.15, 0.2) is 48.5 Å². The lowest BCUT2D eigenvalue weighted by Gasteiger charge is -2.10. The molecule has 0 fully saturated rings. The zero-order valence-electron chi connectivity index (χ0n) is 11.8. The van der Waals surface area contributed by atoms with E-state index in [-0.39, 0.29) is 12.5 Å². The van der Waals surface area contributed by atoms with Crippen LogP contribution in [0, 0.1) is 0 Å². The largest absolute Gasteiger partial charge is 0.492 e. The number of ether oxygens (including phenoxy) is 1. The molecule has 0 aliphatic carbocycles. The highest BCUT2D eigenvalue weighted by Gasteiger charge is 2.06. The molecule has 1 amide bonds. The van der Waals surface area contributed by atoms with Crippen molar-refractivity contribution in [2.75, 3.05) is 25.0 Å². The van der Waals surface area contributed by atoms with Gasteiger partial charge in [0.25, 0.3) is 0 Å². The number of anilines is 1. The van der Waals surface area contributed by atoms with Gasteiger partial charge in [-0.25, -0.2) is 0 Å². The molecular formula is C16H16Cl2N2O2. The molecule has 2 N–H and O–H groups in total. The number of amides is 1. The third-order valence-corrected chi connectivity index (χ3v) is 3.65. The van der Waals surface area contributed by atoms with Crippen molar-refractivity contribution in [2.45, 2.75) is 0 Å². The summed E-state index contributed by atoms with van der Waals surface area (Å²) in [5.41, 5.74) is 0.629. The lowest BCUT2D eigenvalue weighted by molar-refractivity contribution is -0.119. The fourth-order valence-electron chi connectivity index (χ4n) is 1.75. The normalized spacial score (nSPS) is 10.1. The summed E-state index contributed by atoms with van der Waals surface area (Å²) in [6.07, 6.45) is 0. The van der Waals surface area contributed by atoms with E-state index in [1.54, 1.807) is 18.2 Å². The number of carbonyl (C=O) groups excluding carboxylic acids is 1. The van der Waals surface area contributed by atoms with Gasteiger partial charge in [0, 0.05) is 0 Å². The van der Waals surface area contributed by atoms with Gasteiger partial charge in [-0.1, -0.05) is 47.5 Å². The number of carbonyl (C=O) groups is 1. The van der Waals surface area contributed by atoms with Crippen molar-refractivity contribution in [3.8, 4) is 5.75 Å². The first-order chi connectivity index (χ1) is 10.7. The highest BCUT2D eigenvalue weighted by molar-refractivity contribution is 6.43. The zero-order chi connectivity index (χ0) is 15.8. The summed E-state index contributed by atoms with van der Waals surface area (Å²) in [4.78, 5) is 11.7. The minimum absolute atomic E-state index is 0.116. The zero-order valence-corrected chi connectivity index (χ0v) is 13.3. The van der Waals surface area contributed by atoms with Crippen molar-refractivity contribution in [1.82, 2.24) is 5.32 Å². The maximum atomic E-state index is 11.7. The highest BCUT2D eigenvalue weighted by atomic mass is 35.5. The molecule has 0 saturated heterocycles. The summed E-state index contributed by atoms with van der Waals surface area (Å²) in [7, 11) is 0. The van der Waals surface area contributed by atoms with E-state index in [9.17, 15) is 4.79 Å². The number of para-hydroxylation sites is 1. The number of hydrogen-bond acceptors (Lipinski definition) is 3. The molecule has 0 aliphatic rings. The monoisotopic (exact) mass is 338 g/mol. The number of hydrogen-bond donors (Lipinski definition) is 2. The van der Waals surface area contributed by atoms with E-state index in [1.165, 1.54) is 0 Å². The van der Waals surface area contributed by atoms with Crippen molar-refractivity contribution in [1.29, 1.82) is 0 Å². The minimum Gasteiger partial charge on any atom is -0.492 e. The Labute approximate surface area is 139 Å². The van der Waals surface area contributed by atoms with E-state index in [1.807, 2.05) is 30.3 Å². The number of nitrogens with one attached hydrogen (secondary N) is 2. The Morgan fingerprint density at radius 2 is 1.82 bits per heavy atom. The predicted octanol–water partition coefficient (Wildman–Crippen LogP) is 3.60. The van der Waals surface area contributed by atoms with E-state index in [4.69, 9.17) is 27.9 Å². The van der Waals surface area contributed by atoms with Gasteiger partial charge < -0.3 is 15.4 Å². The Bertz CT molecular complexity index is 621. The molecular weight excluding hydrogens is 323 g/mol. The maximum absolute atomic E-state index is 11.7. The van der Waals surface area contributed by atoms with Crippen molar-refractivity contribution in [2.24, 2.45) is 0 Å². The average molecular weight is 339 g/mol. The van der Waals surface area contributed by atoms with Crippen LogP contribution >= 0.6 is 23.2 Å². The summed E-state index contributed by atoms with van der Waals surface area (Å²) >= 11 is 11.9. The van der Waals surface area contributed by atoms with E-state index < -0.39 is 0 Å². The molecule has 2 aromatic carbocycles. The second-order valence-electron chi connectivity index (χ2n) is 4.47. The Morgan fingerprint density at radius 3 is 2.59 bits per heavy atom. The van der Waals surface area contributed by atoms with Crippen molar-refractivity contribution >= 4 is 34.8 Å². The molecule has 2 aromatic rings. The summed E-state index contributed by atoms with van der Waals surface area (Å²) in [6, 6.07) is 14.7. The molecule has 116 valence electrons. The van der Waals surface area contributed by atoms with Crippen molar-refractivity contribution in [3.05, 3.63) is 58.6 Å². The number of benzene rings is 2. The van der Waals surface area contributed by atoms with Crippen molar-refractivity contribution < 1.29 is 9.53 Å². The molecule has 0 unspecified atom stereocenters. The van der Waals surface area contributed by atoms with Gasteiger partial charge in [0.1, 0.15) is 12.4 Å². The Morgan fingerprint density at radius 1 is 1.05 bits per heavy atom. The number of rotatable bonds is 7. The molecule has 0 aromatic heterocycles. The van der Waals surface area contributed by atoms with Gasteiger partial charge in [-0.05, 0) is 24.3 Å². The molecule has 6 heteroatoms. The Kier molecular flexibility index (Phi) is 6.37. The van der Waals surface area contributed by atoms with E-state index in [2.05, 4.69) is 10.6 Å². The fourth-order valence-corrected chi connectivity index (χ4v) is 2.12. The van der Waals surface area contributed by atoms with Gasteiger partial charge in [-0.2, -0.15) is 0 Å². The summed E-state index contributed by atoms with van der Waals surface area (Å²) in [5.74, 6) is 0.633. The van der Waals surface area contributed by atoms with Gasteiger partial charge >= 0.3 is 0 Å². The molecule has 0 saturated carbocycles. The van der Waals surface area contributed by atoms with Crippen LogP contribution in [0.2, 0.25) is 10.0 Å². The predicted molar refractivity (Wildman–Crippen MR) is 89.9 cm³/mol. The van der Waals surface area contributed by atoms with Gasteiger partial charge in [-0.3, -0.25) is 4.79 Å². The van der Waals surface area contributed by atoms with Crippen LogP contribution in [0.5, 0.6) is 5.75 Å². The summed E-state index contributed by atoms with van der Waals surface area (Å²) in [5, 5.41) is 6.55. The first kappa shape index (κ1) is 16.5. The topological polar surface area (TPSA) is 50.4 Å². The van der Waals surface area contributed by atoms with Crippen LogP contribution in [-0.2, 0) is 4.79 Å². The van der Waals surface area contributed by atoms with Crippen LogP contribution < -0.4 is 15.4 Å². The number of halogens is 2. The first-order valence-corrected chi connectivity index (χ1v) is 7.55. The second-order valence-corrected chi connectivity index (χ2v) is 5.25. The van der Waals surface area contributed by atoms with Crippen LogP contribution in [-0.4, -0.2) is 25.6 Å². The van der Waals surface area contributed by atoms with E-state index >= 15 is 0 Å². The third-order valence-electron chi connectivity index (χ3n) is 2.83. The van der Waals surface area contributed by atoms with Crippen LogP contribution in [0.1, 0.15) is 0 Å². The quantitative estimate of drug-likeness (QED) is 0.758. The minimum atomic E-state index is -0.146. The summed E-state index contributed by atoms with van der Waals surface area (Å²) < 4.78 is 5.48. The van der Waals surface area contributed by atoms with E-state index in [0.29, 0.717) is 28.9 Å². The van der Waals surface area contributed by atoms with Crippen LogP contribution in [0.3, 0.4) is 0 Å².